The standard InChI is InChI=1S/C5H6N2O4/c6-3(5(10)11)1-4(9)7-2-8/h3H,1,6H2,(H,10,11)/t3-/m0/s1. The quantitative estimate of drug-likeness (QED) is 0.389. The number of carboxylic acid groups (broad SMARTS) is 1. The van der Waals surface area contributed by atoms with Crippen molar-refractivity contribution in [3.63, 3.8) is 0 Å². The molecule has 1 atom stereocenters. The molecule has 11 heavy (non-hydrogen) atoms. The van der Waals surface area contributed by atoms with E-state index in [1.165, 1.54) is 0 Å². The van der Waals surface area contributed by atoms with Crippen molar-refractivity contribution in [1.29, 1.82) is 0 Å². The molecule has 0 aromatic rings. The second-order valence-electron chi connectivity index (χ2n) is 1.75. The largest absolute Gasteiger partial charge is 0.480 e. The molecule has 0 aromatic carbocycles. The van der Waals surface area contributed by atoms with Crippen molar-refractivity contribution < 1.29 is 19.5 Å². The molecule has 0 aliphatic heterocycles. The summed E-state index contributed by atoms with van der Waals surface area (Å²) in [5, 5.41) is 8.18. The molecule has 6 nitrogen and oxygen atoms in total. The Labute approximate surface area is 61.7 Å². The van der Waals surface area contributed by atoms with Gasteiger partial charge in [0.25, 0.3) is 5.91 Å². The predicted molar refractivity (Wildman–Crippen MR) is 33.4 cm³/mol. The SMILES string of the molecule is N[C@@H](CC(=O)N=C=O)C(=O)O. The number of carboxylic acids is 1. The van der Waals surface area contributed by atoms with Crippen molar-refractivity contribution in [3.8, 4) is 0 Å². The lowest BCUT2D eigenvalue weighted by molar-refractivity contribution is -0.140. The Kier molecular flexibility index (Phi) is 3.72. The molecule has 0 heterocycles. The molecule has 6 heteroatoms. The van der Waals surface area contributed by atoms with E-state index in [0.717, 1.165) is 6.08 Å². The zero-order chi connectivity index (χ0) is 8.85. The maximum atomic E-state index is 10.4. The predicted octanol–water partition coefficient (Wildman–Crippen LogP) is -1.35. The Balaban J connectivity index is 3.94. The molecule has 0 aromatic heterocycles. The van der Waals surface area contributed by atoms with Gasteiger partial charge in [-0.05, 0) is 0 Å². The van der Waals surface area contributed by atoms with Gasteiger partial charge in [0.05, 0.1) is 6.42 Å². The smallest absolute Gasteiger partial charge is 0.321 e. The van der Waals surface area contributed by atoms with Gasteiger partial charge >= 0.3 is 5.97 Å². The molecule has 0 saturated heterocycles. The van der Waals surface area contributed by atoms with Gasteiger partial charge in [-0.2, -0.15) is 0 Å². The van der Waals surface area contributed by atoms with Gasteiger partial charge in [0.2, 0.25) is 6.08 Å². The van der Waals surface area contributed by atoms with E-state index in [9.17, 15) is 14.4 Å². The maximum absolute atomic E-state index is 10.4. The van der Waals surface area contributed by atoms with Crippen molar-refractivity contribution in [3.05, 3.63) is 0 Å². The number of isocyanates is 1. The van der Waals surface area contributed by atoms with Crippen LogP contribution in [0.15, 0.2) is 4.99 Å². The molecule has 0 aliphatic carbocycles. The lowest BCUT2D eigenvalue weighted by Gasteiger charge is -1.99. The minimum Gasteiger partial charge on any atom is -0.480 e. The molecule has 60 valence electrons. The second-order valence-corrected chi connectivity index (χ2v) is 1.75. The third kappa shape index (κ3) is 3.96. The number of carbonyl (C=O) groups is 2. The van der Waals surface area contributed by atoms with Crippen LogP contribution in [0, 0.1) is 0 Å². The van der Waals surface area contributed by atoms with Crippen molar-refractivity contribution in [1.82, 2.24) is 0 Å². The Morgan fingerprint density at radius 1 is 1.64 bits per heavy atom. The van der Waals surface area contributed by atoms with Gasteiger partial charge in [-0.1, -0.05) is 0 Å². The Morgan fingerprint density at radius 2 is 2.18 bits per heavy atom. The molecule has 0 fully saturated rings. The number of carbonyl (C=O) groups excluding carboxylic acids is 2. The van der Waals surface area contributed by atoms with E-state index in [1.807, 2.05) is 0 Å². The highest BCUT2D eigenvalue weighted by Gasteiger charge is 2.15. The minimum absolute atomic E-state index is 0.482. The summed E-state index contributed by atoms with van der Waals surface area (Å²) in [4.78, 5) is 32.5. The van der Waals surface area contributed by atoms with Gasteiger partial charge in [0, 0.05) is 0 Å². The number of nitrogens with zero attached hydrogens (tertiary/aromatic N) is 1. The van der Waals surface area contributed by atoms with Gasteiger partial charge in [0.15, 0.2) is 0 Å². The van der Waals surface area contributed by atoms with Crippen LogP contribution < -0.4 is 5.73 Å². The second kappa shape index (κ2) is 4.32. The molecule has 0 saturated carbocycles. The number of aliphatic carboxylic acids is 1. The number of aliphatic imine (C=N–C) groups is 1. The van der Waals surface area contributed by atoms with E-state index in [2.05, 4.69) is 4.99 Å². The monoisotopic (exact) mass is 158 g/mol. The van der Waals surface area contributed by atoms with Crippen LogP contribution in [-0.2, 0) is 14.4 Å². The summed E-state index contributed by atoms with van der Waals surface area (Å²) in [7, 11) is 0. The molecular weight excluding hydrogens is 152 g/mol. The first-order valence-corrected chi connectivity index (χ1v) is 2.67. The van der Waals surface area contributed by atoms with Crippen LogP contribution >= 0.6 is 0 Å². The molecule has 0 bridgehead atoms. The molecule has 0 rings (SSSR count). The van der Waals surface area contributed by atoms with Crippen LogP contribution in [0.5, 0.6) is 0 Å². The van der Waals surface area contributed by atoms with E-state index in [0.29, 0.717) is 0 Å². The highest BCUT2D eigenvalue weighted by Crippen LogP contribution is 1.90. The topological polar surface area (TPSA) is 110 Å². The lowest BCUT2D eigenvalue weighted by atomic mass is 10.2. The van der Waals surface area contributed by atoms with Crippen molar-refractivity contribution in [2.45, 2.75) is 12.5 Å². The highest BCUT2D eigenvalue weighted by atomic mass is 16.4. The van der Waals surface area contributed by atoms with Gasteiger partial charge in [0.1, 0.15) is 6.04 Å². The van der Waals surface area contributed by atoms with E-state index in [4.69, 9.17) is 10.8 Å². The van der Waals surface area contributed by atoms with Crippen LogP contribution in [0.2, 0.25) is 0 Å². The van der Waals surface area contributed by atoms with E-state index in [-0.39, 0.29) is 0 Å². The third-order valence-corrected chi connectivity index (χ3v) is 0.882. The molecular formula is C5H6N2O4. The normalized spacial score (nSPS) is 11.4. The number of rotatable bonds is 3. The first-order chi connectivity index (χ1) is 5.07. The lowest BCUT2D eigenvalue weighted by Crippen LogP contribution is -2.32. The summed E-state index contributed by atoms with van der Waals surface area (Å²) >= 11 is 0. The number of amides is 1. The molecule has 0 unspecified atom stereocenters. The molecule has 0 radical (unpaired) electrons. The van der Waals surface area contributed by atoms with Gasteiger partial charge in [-0.3, -0.25) is 9.59 Å². The van der Waals surface area contributed by atoms with Crippen molar-refractivity contribution >= 4 is 18.0 Å². The Hall–Kier alpha value is -1.52. The highest BCUT2D eigenvalue weighted by molar-refractivity contribution is 5.87. The average Bonchev–Trinajstić information content (AvgIpc) is 1.87. The Morgan fingerprint density at radius 3 is 2.55 bits per heavy atom. The third-order valence-electron chi connectivity index (χ3n) is 0.882. The van der Waals surface area contributed by atoms with Gasteiger partial charge < -0.3 is 10.8 Å². The van der Waals surface area contributed by atoms with Crippen molar-refractivity contribution in [2.24, 2.45) is 10.7 Å². The summed E-state index contributed by atoms with van der Waals surface area (Å²) in [6.45, 7) is 0. The number of hydrogen-bond donors (Lipinski definition) is 2. The maximum Gasteiger partial charge on any atom is 0.321 e. The van der Waals surface area contributed by atoms with Gasteiger partial charge in [-0.15, -0.1) is 4.99 Å². The molecule has 0 spiro atoms. The van der Waals surface area contributed by atoms with Crippen LogP contribution in [0.25, 0.3) is 0 Å². The zero-order valence-corrected chi connectivity index (χ0v) is 5.48. The molecule has 1 amide bonds. The molecule has 3 N–H and O–H groups in total. The number of hydrogen-bond acceptors (Lipinski definition) is 4. The van der Waals surface area contributed by atoms with E-state index < -0.39 is 24.3 Å². The minimum atomic E-state index is -1.31. The average molecular weight is 158 g/mol. The Bertz CT molecular complexity index is 219. The summed E-state index contributed by atoms with van der Waals surface area (Å²) < 4.78 is 0. The van der Waals surface area contributed by atoms with Crippen LogP contribution in [-0.4, -0.2) is 29.1 Å². The summed E-state index contributed by atoms with van der Waals surface area (Å²) in [6, 6.07) is -1.31. The summed E-state index contributed by atoms with van der Waals surface area (Å²) in [6.07, 6.45) is 0.507. The van der Waals surface area contributed by atoms with Gasteiger partial charge in [-0.25, -0.2) is 4.79 Å². The zero-order valence-electron chi connectivity index (χ0n) is 5.48. The van der Waals surface area contributed by atoms with Crippen LogP contribution in [0.3, 0.4) is 0 Å². The fourth-order valence-corrected chi connectivity index (χ4v) is 0.372. The van der Waals surface area contributed by atoms with Crippen molar-refractivity contribution in [2.75, 3.05) is 0 Å². The fourth-order valence-electron chi connectivity index (χ4n) is 0.372. The van der Waals surface area contributed by atoms with Crippen LogP contribution in [0.4, 0.5) is 0 Å². The first kappa shape index (κ1) is 9.48. The van der Waals surface area contributed by atoms with E-state index in [1.54, 1.807) is 0 Å². The summed E-state index contributed by atoms with van der Waals surface area (Å²) in [5.74, 6) is -2.19. The summed E-state index contributed by atoms with van der Waals surface area (Å²) in [5.41, 5.74) is 4.94. The fraction of sp³-hybridized carbons (Fsp3) is 0.400. The first-order valence-electron chi connectivity index (χ1n) is 2.67. The molecule has 0 aliphatic rings. The van der Waals surface area contributed by atoms with E-state index >= 15 is 0 Å². The number of nitrogens with two attached hydrogens (primary N) is 1. The van der Waals surface area contributed by atoms with Crippen LogP contribution in [0.1, 0.15) is 6.42 Å².